The van der Waals surface area contributed by atoms with Gasteiger partial charge in [-0.1, -0.05) is 62.8 Å². The molecule has 0 radical (unpaired) electrons. The fourth-order valence-electron chi connectivity index (χ4n) is 4.38. The molecule has 0 unspecified atom stereocenters. The fourth-order valence-corrected chi connectivity index (χ4v) is 4.38. The molecule has 2 aliphatic carbocycles. The topological polar surface area (TPSA) is 26.0 Å². The Labute approximate surface area is 124 Å². The van der Waals surface area contributed by atoms with Crippen LogP contribution in [0.3, 0.4) is 0 Å². The maximum atomic E-state index is 6.10. The van der Waals surface area contributed by atoms with Gasteiger partial charge in [0.05, 0.1) is 0 Å². The Kier molecular flexibility index (Phi) is 4.45. The van der Waals surface area contributed by atoms with Crippen molar-refractivity contribution in [3.63, 3.8) is 0 Å². The van der Waals surface area contributed by atoms with Gasteiger partial charge in [-0.2, -0.15) is 0 Å². The van der Waals surface area contributed by atoms with Crippen molar-refractivity contribution in [1.29, 1.82) is 0 Å². The molecule has 0 aromatic heterocycles. The van der Waals surface area contributed by atoms with Crippen molar-refractivity contribution in [2.75, 3.05) is 6.54 Å². The average Bonchev–Trinajstić information content (AvgIpc) is 2.83. The third-order valence-electron chi connectivity index (χ3n) is 5.80. The van der Waals surface area contributed by atoms with Crippen LogP contribution in [0.5, 0.6) is 0 Å². The zero-order valence-electron chi connectivity index (χ0n) is 12.7. The zero-order chi connectivity index (χ0) is 13.8. The summed E-state index contributed by atoms with van der Waals surface area (Å²) in [5, 5.41) is 0. The summed E-state index contributed by atoms with van der Waals surface area (Å²) in [6.07, 6.45) is 13.7. The first-order chi connectivity index (χ1) is 9.84. The molecule has 3 rings (SSSR count). The molecule has 2 fully saturated rings. The maximum Gasteiger partial charge on any atom is 0.00755 e. The minimum atomic E-state index is 0.294. The monoisotopic (exact) mass is 271 g/mol. The van der Waals surface area contributed by atoms with Crippen LogP contribution in [0.15, 0.2) is 24.3 Å². The predicted molar refractivity (Wildman–Crippen MR) is 86.1 cm³/mol. The lowest BCUT2D eigenvalue weighted by molar-refractivity contribution is 0.452. The number of hydrogen-bond acceptors (Lipinski definition) is 1. The number of nitrogens with two attached hydrogens (primary N) is 1. The van der Waals surface area contributed by atoms with Crippen molar-refractivity contribution in [2.24, 2.45) is 5.73 Å². The highest BCUT2D eigenvalue weighted by atomic mass is 14.6. The number of benzene rings is 1. The zero-order valence-corrected chi connectivity index (χ0v) is 12.7. The highest BCUT2D eigenvalue weighted by Gasteiger charge is 2.34. The molecule has 2 aliphatic rings. The lowest BCUT2D eigenvalue weighted by Crippen LogP contribution is -2.31. The molecule has 0 bridgehead atoms. The van der Waals surface area contributed by atoms with Crippen LogP contribution < -0.4 is 5.73 Å². The van der Waals surface area contributed by atoms with E-state index >= 15 is 0 Å². The highest BCUT2D eigenvalue weighted by molar-refractivity contribution is 5.32. The van der Waals surface area contributed by atoms with Crippen LogP contribution in [0.1, 0.15) is 81.3 Å². The molecule has 1 heteroatoms. The number of rotatable bonds is 3. The van der Waals surface area contributed by atoms with Crippen molar-refractivity contribution in [3.05, 3.63) is 35.4 Å². The van der Waals surface area contributed by atoms with Crippen LogP contribution >= 0.6 is 0 Å². The van der Waals surface area contributed by atoms with Gasteiger partial charge in [-0.15, -0.1) is 0 Å². The van der Waals surface area contributed by atoms with E-state index in [4.69, 9.17) is 5.73 Å². The lowest BCUT2D eigenvalue weighted by atomic mass is 9.78. The Morgan fingerprint density at radius 3 is 2.00 bits per heavy atom. The van der Waals surface area contributed by atoms with Gasteiger partial charge < -0.3 is 5.73 Å². The van der Waals surface area contributed by atoms with Crippen molar-refractivity contribution >= 4 is 0 Å². The van der Waals surface area contributed by atoms with Crippen LogP contribution in [0.25, 0.3) is 0 Å². The van der Waals surface area contributed by atoms with Gasteiger partial charge in [-0.05, 0) is 42.7 Å². The Bertz CT molecular complexity index is 406. The molecular weight excluding hydrogens is 242 g/mol. The molecule has 0 aliphatic heterocycles. The first-order valence-electron chi connectivity index (χ1n) is 8.65. The van der Waals surface area contributed by atoms with E-state index < -0.39 is 0 Å². The van der Waals surface area contributed by atoms with Gasteiger partial charge in [0.2, 0.25) is 0 Å². The molecule has 2 saturated carbocycles. The molecule has 0 spiro atoms. The Morgan fingerprint density at radius 1 is 0.850 bits per heavy atom. The standard InChI is InChI=1S/C19H29N/c20-15-19(13-5-6-14-19)18-11-9-17(10-12-18)16-7-3-1-2-4-8-16/h9-12,16H,1-8,13-15,20H2. The summed E-state index contributed by atoms with van der Waals surface area (Å²) < 4.78 is 0. The molecular formula is C19H29N. The summed E-state index contributed by atoms with van der Waals surface area (Å²) in [6, 6.07) is 9.58. The third kappa shape index (κ3) is 2.79. The van der Waals surface area contributed by atoms with Crippen LogP contribution in [0, 0.1) is 0 Å². The van der Waals surface area contributed by atoms with Crippen LogP contribution in [-0.2, 0) is 5.41 Å². The van der Waals surface area contributed by atoms with Crippen molar-refractivity contribution in [3.8, 4) is 0 Å². The maximum absolute atomic E-state index is 6.10. The second-order valence-electron chi connectivity index (χ2n) is 7.00. The summed E-state index contributed by atoms with van der Waals surface area (Å²) in [6.45, 7) is 0.815. The minimum absolute atomic E-state index is 0.294. The molecule has 110 valence electrons. The van der Waals surface area contributed by atoms with Gasteiger partial charge in [-0.3, -0.25) is 0 Å². The lowest BCUT2D eigenvalue weighted by Gasteiger charge is -2.28. The summed E-state index contributed by atoms with van der Waals surface area (Å²) in [5.41, 5.74) is 9.46. The molecule has 20 heavy (non-hydrogen) atoms. The molecule has 1 nitrogen and oxygen atoms in total. The van der Waals surface area contributed by atoms with Crippen molar-refractivity contribution in [1.82, 2.24) is 0 Å². The summed E-state index contributed by atoms with van der Waals surface area (Å²) in [7, 11) is 0. The van der Waals surface area contributed by atoms with E-state index in [-0.39, 0.29) is 0 Å². The fraction of sp³-hybridized carbons (Fsp3) is 0.684. The van der Waals surface area contributed by atoms with Gasteiger partial charge in [0, 0.05) is 12.0 Å². The summed E-state index contributed by atoms with van der Waals surface area (Å²) >= 11 is 0. The highest BCUT2D eigenvalue weighted by Crippen LogP contribution is 2.41. The van der Waals surface area contributed by atoms with Gasteiger partial charge in [0.1, 0.15) is 0 Å². The van der Waals surface area contributed by atoms with E-state index in [1.165, 1.54) is 69.8 Å². The molecule has 0 amide bonds. The third-order valence-corrected chi connectivity index (χ3v) is 5.80. The summed E-state index contributed by atoms with van der Waals surface area (Å²) in [5.74, 6) is 0.809. The Hall–Kier alpha value is -0.820. The average molecular weight is 271 g/mol. The summed E-state index contributed by atoms with van der Waals surface area (Å²) in [4.78, 5) is 0. The smallest absolute Gasteiger partial charge is 0.00755 e. The second kappa shape index (κ2) is 6.30. The largest absolute Gasteiger partial charge is 0.330 e. The molecule has 0 heterocycles. The van der Waals surface area contributed by atoms with Crippen LogP contribution in [0.4, 0.5) is 0 Å². The van der Waals surface area contributed by atoms with Gasteiger partial charge in [0.15, 0.2) is 0 Å². The SMILES string of the molecule is NCC1(c2ccc(C3CCCCCC3)cc2)CCCC1. The quantitative estimate of drug-likeness (QED) is 0.778. The first kappa shape index (κ1) is 14.1. The van der Waals surface area contributed by atoms with Crippen molar-refractivity contribution in [2.45, 2.75) is 75.5 Å². The molecule has 0 saturated heterocycles. The van der Waals surface area contributed by atoms with Gasteiger partial charge in [0.25, 0.3) is 0 Å². The number of hydrogen-bond donors (Lipinski definition) is 1. The second-order valence-corrected chi connectivity index (χ2v) is 7.00. The molecule has 1 aromatic carbocycles. The normalized spacial score (nSPS) is 23.6. The first-order valence-corrected chi connectivity index (χ1v) is 8.65. The predicted octanol–water partition coefficient (Wildman–Crippen LogP) is 4.89. The minimum Gasteiger partial charge on any atom is -0.330 e. The Morgan fingerprint density at radius 2 is 1.45 bits per heavy atom. The van der Waals surface area contributed by atoms with Gasteiger partial charge >= 0.3 is 0 Å². The van der Waals surface area contributed by atoms with E-state index in [1.807, 2.05) is 0 Å². The van der Waals surface area contributed by atoms with Crippen LogP contribution in [0.2, 0.25) is 0 Å². The van der Waals surface area contributed by atoms with E-state index in [9.17, 15) is 0 Å². The van der Waals surface area contributed by atoms with E-state index in [1.54, 1.807) is 5.56 Å². The van der Waals surface area contributed by atoms with Crippen molar-refractivity contribution < 1.29 is 0 Å². The molecule has 2 N–H and O–H groups in total. The molecule has 0 atom stereocenters. The van der Waals surface area contributed by atoms with E-state index in [0.29, 0.717) is 5.41 Å². The Balaban J connectivity index is 1.76. The van der Waals surface area contributed by atoms with E-state index in [2.05, 4.69) is 24.3 Å². The van der Waals surface area contributed by atoms with Gasteiger partial charge in [-0.25, -0.2) is 0 Å². The van der Waals surface area contributed by atoms with Crippen LogP contribution in [-0.4, -0.2) is 6.54 Å². The molecule has 1 aromatic rings. The van der Waals surface area contributed by atoms with E-state index in [0.717, 1.165) is 12.5 Å².